The lowest BCUT2D eigenvalue weighted by Crippen LogP contribution is -2.10. The highest BCUT2D eigenvalue weighted by atomic mass is 35.5. The van der Waals surface area contributed by atoms with Crippen LogP contribution in [0.5, 0.6) is 0 Å². The summed E-state index contributed by atoms with van der Waals surface area (Å²) >= 11 is 5.78. The first-order valence-electron chi connectivity index (χ1n) is 6.47. The second-order valence-electron chi connectivity index (χ2n) is 4.95. The predicted molar refractivity (Wildman–Crippen MR) is 79.7 cm³/mol. The van der Waals surface area contributed by atoms with Gasteiger partial charge in [0.1, 0.15) is 0 Å². The number of alkyl halides is 3. The van der Waals surface area contributed by atoms with Gasteiger partial charge in [-0.2, -0.15) is 13.2 Å². The molecule has 0 aliphatic carbocycles. The maximum absolute atomic E-state index is 12.8. The smallest absolute Gasteiger partial charge is 0.378 e. The molecule has 1 nitrogen and oxygen atoms in total. The Bertz CT molecular complexity index is 638. The van der Waals surface area contributed by atoms with Gasteiger partial charge >= 0.3 is 6.18 Å². The van der Waals surface area contributed by atoms with Crippen molar-refractivity contribution in [3.63, 3.8) is 0 Å². The summed E-state index contributed by atoms with van der Waals surface area (Å²) in [6, 6.07) is 11.1. The van der Waals surface area contributed by atoms with Crippen molar-refractivity contribution in [1.29, 1.82) is 0 Å². The molecule has 0 fully saturated rings. The molecule has 1 N–H and O–H groups in total. The van der Waals surface area contributed by atoms with E-state index < -0.39 is 11.7 Å². The van der Waals surface area contributed by atoms with Gasteiger partial charge in [0, 0.05) is 16.8 Å². The lowest BCUT2D eigenvalue weighted by atomic mass is 10.0. The maximum atomic E-state index is 12.8. The Balaban J connectivity index is 2.28. The van der Waals surface area contributed by atoms with Gasteiger partial charge in [-0.1, -0.05) is 35.9 Å². The van der Waals surface area contributed by atoms with Crippen LogP contribution in [0.2, 0.25) is 5.02 Å². The van der Waals surface area contributed by atoms with Crippen LogP contribution in [0.15, 0.2) is 42.5 Å². The molecule has 0 radical (unpaired) electrons. The van der Waals surface area contributed by atoms with Crippen molar-refractivity contribution in [3.05, 3.63) is 64.2 Å². The summed E-state index contributed by atoms with van der Waals surface area (Å²) < 4.78 is 38.4. The van der Waals surface area contributed by atoms with Crippen molar-refractivity contribution in [2.24, 2.45) is 0 Å². The molecule has 0 aliphatic rings. The normalized spacial score (nSPS) is 13.0. The van der Waals surface area contributed by atoms with E-state index in [-0.39, 0.29) is 11.1 Å². The third-order valence-corrected chi connectivity index (χ3v) is 3.48. The quantitative estimate of drug-likeness (QED) is 0.750. The molecule has 0 spiro atoms. The van der Waals surface area contributed by atoms with Crippen molar-refractivity contribution in [3.8, 4) is 0 Å². The molecule has 2 aromatic carbocycles. The van der Waals surface area contributed by atoms with Gasteiger partial charge in [-0.05, 0) is 43.2 Å². The Morgan fingerprint density at radius 3 is 2.38 bits per heavy atom. The molecule has 0 aromatic heterocycles. The average Bonchev–Trinajstić information content (AvgIpc) is 2.37. The summed E-state index contributed by atoms with van der Waals surface area (Å²) in [5.41, 5.74) is 1.71. The minimum atomic E-state index is -4.41. The van der Waals surface area contributed by atoms with E-state index in [4.69, 9.17) is 11.6 Å². The van der Waals surface area contributed by atoms with Crippen molar-refractivity contribution < 1.29 is 13.2 Å². The van der Waals surface area contributed by atoms with Gasteiger partial charge in [0.05, 0.1) is 5.56 Å². The van der Waals surface area contributed by atoms with Crippen LogP contribution in [-0.4, -0.2) is 0 Å². The SMILES string of the molecule is Cc1ccccc1C(C)Nc1cc(Cl)cc(C(F)(F)F)c1. The van der Waals surface area contributed by atoms with Crippen molar-refractivity contribution in [2.75, 3.05) is 5.32 Å². The van der Waals surface area contributed by atoms with Gasteiger partial charge in [0.25, 0.3) is 0 Å². The van der Waals surface area contributed by atoms with E-state index in [0.717, 1.165) is 23.3 Å². The monoisotopic (exact) mass is 313 g/mol. The summed E-state index contributed by atoms with van der Waals surface area (Å²) in [4.78, 5) is 0. The van der Waals surface area contributed by atoms with Gasteiger partial charge in [-0.25, -0.2) is 0 Å². The largest absolute Gasteiger partial charge is 0.416 e. The molecule has 0 amide bonds. The molecular formula is C16H15ClF3N. The second kappa shape index (κ2) is 5.98. The third-order valence-electron chi connectivity index (χ3n) is 3.26. The fraction of sp³-hybridized carbons (Fsp3) is 0.250. The van der Waals surface area contributed by atoms with Crippen LogP contribution >= 0.6 is 11.6 Å². The fourth-order valence-corrected chi connectivity index (χ4v) is 2.47. The molecule has 0 heterocycles. The lowest BCUT2D eigenvalue weighted by molar-refractivity contribution is -0.137. The zero-order valence-corrected chi connectivity index (χ0v) is 12.4. The third kappa shape index (κ3) is 3.91. The van der Waals surface area contributed by atoms with Gasteiger partial charge in [0.2, 0.25) is 0 Å². The van der Waals surface area contributed by atoms with Gasteiger partial charge < -0.3 is 5.32 Å². The van der Waals surface area contributed by atoms with Crippen LogP contribution in [0.4, 0.5) is 18.9 Å². The number of hydrogen-bond donors (Lipinski definition) is 1. The molecule has 0 saturated carbocycles. The summed E-state index contributed by atoms with van der Waals surface area (Å²) in [6.45, 7) is 3.86. The molecule has 0 aliphatic heterocycles. The maximum Gasteiger partial charge on any atom is 0.416 e. The first-order chi connectivity index (χ1) is 9.77. The highest BCUT2D eigenvalue weighted by Crippen LogP contribution is 2.34. The molecule has 2 rings (SSSR count). The number of rotatable bonds is 3. The Morgan fingerprint density at radius 1 is 1.10 bits per heavy atom. The van der Waals surface area contributed by atoms with E-state index in [0.29, 0.717) is 5.69 Å². The standard InChI is InChI=1S/C16H15ClF3N/c1-10-5-3-4-6-15(10)11(2)21-14-8-12(16(18,19)20)7-13(17)9-14/h3-9,11,21H,1-2H3. The van der Waals surface area contributed by atoms with E-state index in [1.165, 1.54) is 6.07 Å². The number of halogens is 4. The van der Waals surface area contributed by atoms with E-state index in [9.17, 15) is 13.2 Å². The Kier molecular flexibility index (Phi) is 4.47. The predicted octanol–water partition coefficient (Wildman–Crippen LogP) is 5.84. The Morgan fingerprint density at radius 2 is 1.76 bits per heavy atom. The van der Waals surface area contributed by atoms with Gasteiger partial charge in [-0.15, -0.1) is 0 Å². The first kappa shape index (κ1) is 15.7. The minimum absolute atomic E-state index is 0.0595. The second-order valence-corrected chi connectivity index (χ2v) is 5.39. The summed E-state index contributed by atoms with van der Waals surface area (Å²) in [7, 11) is 0. The topological polar surface area (TPSA) is 12.0 Å². The van der Waals surface area contributed by atoms with Crippen LogP contribution in [0, 0.1) is 6.92 Å². The molecule has 112 valence electrons. The first-order valence-corrected chi connectivity index (χ1v) is 6.85. The summed E-state index contributed by atoms with van der Waals surface area (Å²) in [6.07, 6.45) is -4.41. The van der Waals surface area contributed by atoms with Crippen LogP contribution in [0.1, 0.15) is 29.7 Å². The Labute approximate surface area is 126 Å². The molecule has 1 atom stereocenters. The number of nitrogens with one attached hydrogen (secondary N) is 1. The molecular weight excluding hydrogens is 299 g/mol. The zero-order valence-electron chi connectivity index (χ0n) is 11.6. The molecule has 0 bridgehead atoms. The molecule has 0 saturated heterocycles. The highest BCUT2D eigenvalue weighted by Gasteiger charge is 2.31. The molecule has 2 aromatic rings. The fourth-order valence-electron chi connectivity index (χ4n) is 2.24. The number of benzene rings is 2. The van der Waals surface area contributed by atoms with Crippen LogP contribution < -0.4 is 5.32 Å². The van der Waals surface area contributed by atoms with Crippen LogP contribution in [0.3, 0.4) is 0 Å². The summed E-state index contributed by atoms with van der Waals surface area (Å²) in [5.74, 6) is 0. The molecule has 21 heavy (non-hydrogen) atoms. The van der Waals surface area contributed by atoms with E-state index in [2.05, 4.69) is 5.32 Å². The van der Waals surface area contributed by atoms with Crippen LogP contribution in [0.25, 0.3) is 0 Å². The minimum Gasteiger partial charge on any atom is -0.378 e. The van der Waals surface area contributed by atoms with E-state index in [1.54, 1.807) is 0 Å². The lowest BCUT2D eigenvalue weighted by Gasteiger charge is -2.19. The van der Waals surface area contributed by atoms with E-state index in [1.807, 2.05) is 38.1 Å². The van der Waals surface area contributed by atoms with Crippen molar-refractivity contribution in [2.45, 2.75) is 26.1 Å². The number of anilines is 1. The van der Waals surface area contributed by atoms with Gasteiger partial charge in [0.15, 0.2) is 0 Å². The zero-order chi connectivity index (χ0) is 15.6. The van der Waals surface area contributed by atoms with E-state index >= 15 is 0 Å². The molecule has 1 unspecified atom stereocenters. The summed E-state index contributed by atoms with van der Waals surface area (Å²) in [5, 5.41) is 3.13. The number of aryl methyl sites for hydroxylation is 1. The van der Waals surface area contributed by atoms with Crippen molar-refractivity contribution in [1.82, 2.24) is 0 Å². The van der Waals surface area contributed by atoms with Crippen molar-refractivity contribution >= 4 is 17.3 Å². The molecule has 5 heteroatoms. The van der Waals surface area contributed by atoms with Crippen LogP contribution in [-0.2, 0) is 6.18 Å². The van der Waals surface area contributed by atoms with Gasteiger partial charge in [-0.3, -0.25) is 0 Å². The number of hydrogen-bond acceptors (Lipinski definition) is 1. The Hall–Kier alpha value is -1.68. The highest BCUT2D eigenvalue weighted by molar-refractivity contribution is 6.30. The average molecular weight is 314 g/mol.